The monoisotopic (exact) mass is 519 g/mol. The Labute approximate surface area is 206 Å². The molecule has 192 valence electrons. The molecule has 1 aromatic heterocycles. The van der Waals surface area contributed by atoms with Crippen molar-refractivity contribution in [2.75, 3.05) is 19.5 Å². The molecular formula is C22H26N5O8P. The van der Waals surface area contributed by atoms with Crippen LogP contribution in [0.4, 0.5) is 5.82 Å². The van der Waals surface area contributed by atoms with Gasteiger partial charge in [0, 0.05) is 6.20 Å². The minimum absolute atomic E-state index is 0.00570. The van der Waals surface area contributed by atoms with Gasteiger partial charge in [-0.1, -0.05) is 12.1 Å². The van der Waals surface area contributed by atoms with E-state index in [0.717, 1.165) is 4.57 Å². The van der Waals surface area contributed by atoms with Gasteiger partial charge in [0.25, 0.3) is 0 Å². The summed E-state index contributed by atoms with van der Waals surface area (Å²) >= 11 is 0. The van der Waals surface area contributed by atoms with Crippen LogP contribution in [0.5, 0.6) is 5.75 Å². The van der Waals surface area contributed by atoms with Crippen LogP contribution in [-0.4, -0.2) is 47.7 Å². The standard InChI is InChI=1S/C22H26N5O8P/c1-14(11-28)26-36(31,35-17-7-5-4-6-16(17)19(29)32-3)33-12-15-10-22(2,13-23)20(34-15)27-9-8-18(24)25-21(27)30/h4-9,11,14-15,20H,10,12H2,1-3H3,(H,26,31)(H2,24,25,30). The van der Waals surface area contributed by atoms with E-state index in [1.807, 2.05) is 0 Å². The fraction of sp³-hybridized carbons (Fsp3) is 0.409. The number of rotatable bonds is 10. The van der Waals surface area contributed by atoms with Crippen LogP contribution in [0.2, 0.25) is 0 Å². The van der Waals surface area contributed by atoms with Crippen LogP contribution in [0.15, 0.2) is 41.3 Å². The summed E-state index contributed by atoms with van der Waals surface area (Å²) in [6.07, 6.45) is 0.191. The highest BCUT2D eigenvalue weighted by Crippen LogP contribution is 2.49. The molecule has 0 saturated carbocycles. The molecule has 36 heavy (non-hydrogen) atoms. The van der Waals surface area contributed by atoms with Crippen LogP contribution in [0.1, 0.15) is 36.9 Å². The second-order valence-corrected chi connectivity index (χ2v) is 10.0. The van der Waals surface area contributed by atoms with Crippen molar-refractivity contribution in [1.29, 1.82) is 5.26 Å². The largest absolute Gasteiger partial charge is 0.465 e. The summed E-state index contributed by atoms with van der Waals surface area (Å²) in [6.45, 7) is 2.71. The van der Waals surface area contributed by atoms with Gasteiger partial charge in [-0.05, 0) is 38.5 Å². The highest BCUT2D eigenvalue weighted by atomic mass is 31.2. The number of aldehydes is 1. The Balaban J connectivity index is 1.83. The molecule has 2 aromatic rings. The third-order valence-corrected chi connectivity index (χ3v) is 7.03. The zero-order valence-corrected chi connectivity index (χ0v) is 20.7. The zero-order chi connectivity index (χ0) is 26.5. The summed E-state index contributed by atoms with van der Waals surface area (Å²) in [5.74, 6) is -0.798. The van der Waals surface area contributed by atoms with Crippen LogP contribution < -0.4 is 21.0 Å². The summed E-state index contributed by atoms with van der Waals surface area (Å²) in [5, 5.41) is 12.3. The van der Waals surface area contributed by atoms with E-state index in [-0.39, 0.29) is 30.2 Å². The topological polar surface area (TPSA) is 185 Å². The van der Waals surface area contributed by atoms with Crippen molar-refractivity contribution in [3.8, 4) is 11.8 Å². The Hall–Kier alpha value is -3.56. The highest BCUT2D eigenvalue weighted by Gasteiger charge is 2.48. The second-order valence-electron chi connectivity index (χ2n) is 8.31. The van der Waals surface area contributed by atoms with Crippen LogP contribution in [-0.2, 0) is 23.4 Å². The number of anilines is 1. The number of ether oxygens (including phenoxy) is 2. The number of nitrogens with two attached hydrogens (primary N) is 1. The van der Waals surface area contributed by atoms with Gasteiger partial charge in [-0.25, -0.2) is 19.2 Å². The number of carbonyl (C=O) groups excluding carboxylic acids is 2. The number of esters is 1. The normalized spacial score (nSPS) is 23.7. The number of nitrogen functional groups attached to an aromatic ring is 1. The van der Waals surface area contributed by atoms with E-state index >= 15 is 0 Å². The predicted octanol–water partition coefficient (Wildman–Crippen LogP) is 1.81. The van der Waals surface area contributed by atoms with Crippen molar-refractivity contribution in [2.24, 2.45) is 5.41 Å². The Bertz CT molecular complexity index is 1280. The molecule has 5 unspecified atom stereocenters. The lowest BCUT2D eigenvalue weighted by Crippen LogP contribution is -2.34. The van der Waals surface area contributed by atoms with Gasteiger partial charge in [0.1, 0.15) is 28.8 Å². The summed E-state index contributed by atoms with van der Waals surface area (Å²) in [4.78, 5) is 39.3. The molecule has 1 aliphatic heterocycles. The Morgan fingerprint density at radius 1 is 1.47 bits per heavy atom. The van der Waals surface area contributed by atoms with E-state index in [1.165, 1.54) is 38.4 Å². The molecular weight excluding hydrogens is 493 g/mol. The Morgan fingerprint density at radius 3 is 2.83 bits per heavy atom. The average Bonchev–Trinajstić information content (AvgIpc) is 3.19. The van der Waals surface area contributed by atoms with Gasteiger partial charge >= 0.3 is 19.4 Å². The molecule has 3 rings (SSSR count). The molecule has 5 atom stereocenters. The maximum absolute atomic E-state index is 13.6. The molecule has 13 nitrogen and oxygen atoms in total. The first-order valence-electron chi connectivity index (χ1n) is 10.8. The van der Waals surface area contributed by atoms with Crippen LogP contribution in [0.25, 0.3) is 0 Å². The van der Waals surface area contributed by atoms with Crippen molar-refractivity contribution < 1.29 is 32.7 Å². The molecule has 0 radical (unpaired) electrons. The van der Waals surface area contributed by atoms with Crippen LogP contribution >= 0.6 is 7.75 Å². The van der Waals surface area contributed by atoms with Gasteiger partial charge in [-0.2, -0.15) is 10.2 Å². The molecule has 0 spiro atoms. The van der Waals surface area contributed by atoms with E-state index in [9.17, 15) is 24.2 Å². The first-order chi connectivity index (χ1) is 17.0. The maximum atomic E-state index is 13.6. The number of benzene rings is 1. The van der Waals surface area contributed by atoms with E-state index < -0.39 is 43.2 Å². The van der Waals surface area contributed by atoms with Gasteiger partial charge < -0.3 is 24.5 Å². The van der Waals surface area contributed by atoms with Gasteiger partial charge in [-0.15, -0.1) is 0 Å². The third-order valence-electron chi connectivity index (χ3n) is 5.38. The number of nitrogens with zero attached hydrogens (tertiary/aromatic N) is 3. The lowest BCUT2D eigenvalue weighted by Gasteiger charge is -2.24. The summed E-state index contributed by atoms with van der Waals surface area (Å²) in [7, 11) is -3.07. The molecule has 0 bridgehead atoms. The van der Waals surface area contributed by atoms with Gasteiger partial charge in [0.05, 0.1) is 31.9 Å². The minimum atomic E-state index is -4.25. The van der Waals surface area contributed by atoms with Gasteiger partial charge in [-0.3, -0.25) is 9.09 Å². The maximum Gasteiger partial charge on any atom is 0.459 e. The van der Waals surface area contributed by atoms with E-state index in [0.29, 0.717) is 6.29 Å². The molecule has 0 amide bonds. The Kier molecular flexibility index (Phi) is 8.27. The summed E-state index contributed by atoms with van der Waals surface area (Å²) < 4.78 is 36.5. The number of para-hydroxylation sites is 1. The zero-order valence-electron chi connectivity index (χ0n) is 19.8. The molecule has 14 heteroatoms. The number of nitriles is 1. The molecule has 0 aliphatic carbocycles. The lowest BCUT2D eigenvalue weighted by atomic mass is 9.87. The average molecular weight is 519 g/mol. The van der Waals surface area contributed by atoms with E-state index in [2.05, 4.69) is 16.1 Å². The Morgan fingerprint density at radius 2 is 2.19 bits per heavy atom. The second kappa shape index (κ2) is 11.0. The number of nitrogens with one attached hydrogen (secondary N) is 1. The number of methoxy groups -OCH3 is 1. The van der Waals surface area contributed by atoms with Crippen LogP contribution in [0, 0.1) is 16.7 Å². The number of hydrogen-bond acceptors (Lipinski definition) is 11. The smallest absolute Gasteiger partial charge is 0.459 e. The van der Waals surface area contributed by atoms with E-state index in [4.69, 9.17) is 24.3 Å². The predicted molar refractivity (Wildman–Crippen MR) is 126 cm³/mol. The molecule has 2 heterocycles. The third kappa shape index (κ3) is 5.98. The molecule has 1 saturated heterocycles. The molecule has 1 aliphatic rings. The van der Waals surface area contributed by atoms with Crippen molar-refractivity contribution in [1.82, 2.24) is 14.6 Å². The fourth-order valence-corrected chi connectivity index (χ4v) is 5.16. The van der Waals surface area contributed by atoms with E-state index in [1.54, 1.807) is 19.1 Å². The van der Waals surface area contributed by atoms with Crippen LogP contribution in [0.3, 0.4) is 0 Å². The molecule has 3 N–H and O–H groups in total. The van der Waals surface area contributed by atoms with Crippen molar-refractivity contribution in [3.63, 3.8) is 0 Å². The number of carbonyl (C=O) groups is 2. The van der Waals surface area contributed by atoms with Gasteiger partial charge in [0.2, 0.25) is 0 Å². The minimum Gasteiger partial charge on any atom is -0.465 e. The highest BCUT2D eigenvalue weighted by molar-refractivity contribution is 7.52. The summed E-state index contributed by atoms with van der Waals surface area (Å²) in [5.41, 5.74) is 3.69. The SMILES string of the molecule is COC(=O)c1ccccc1OP(=O)(NC(C)C=O)OCC1CC(C)(C#N)C(n2ccc(N)nc2=O)O1. The number of hydrogen-bond donors (Lipinski definition) is 2. The van der Waals surface area contributed by atoms with Crippen molar-refractivity contribution in [2.45, 2.75) is 38.6 Å². The number of aromatic nitrogens is 2. The van der Waals surface area contributed by atoms with Crippen molar-refractivity contribution >= 4 is 25.8 Å². The first kappa shape index (κ1) is 27.0. The first-order valence-corrected chi connectivity index (χ1v) is 12.3. The van der Waals surface area contributed by atoms with Crippen molar-refractivity contribution in [3.05, 3.63) is 52.6 Å². The quantitative estimate of drug-likeness (QED) is 0.264. The lowest BCUT2D eigenvalue weighted by molar-refractivity contribution is -0.109. The molecule has 1 aromatic carbocycles. The molecule has 1 fully saturated rings. The van der Waals surface area contributed by atoms with Gasteiger partial charge in [0.15, 0.2) is 6.23 Å². The fourth-order valence-electron chi connectivity index (χ4n) is 3.64. The summed E-state index contributed by atoms with van der Waals surface area (Å²) in [6, 6.07) is 8.55.